The van der Waals surface area contributed by atoms with Gasteiger partial charge in [-0.2, -0.15) is 0 Å². The van der Waals surface area contributed by atoms with Crippen LogP contribution < -0.4 is 10.5 Å². The lowest BCUT2D eigenvalue weighted by Gasteiger charge is -2.07. The molecule has 0 aliphatic carbocycles. The highest BCUT2D eigenvalue weighted by atomic mass is 35.5. The van der Waals surface area contributed by atoms with Crippen LogP contribution in [-0.4, -0.2) is 20.8 Å². The summed E-state index contributed by atoms with van der Waals surface area (Å²) in [5, 5.41) is 11.0. The number of amides is 1. The fourth-order valence-electron chi connectivity index (χ4n) is 1.47. The maximum Gasteiger partial charge on any atom is 0.269 e. The SMILES string of the molecule is NC(=O)c1cncc(OCc2cc([N+](=O)[O-])ccc2Cl)n1. The Morgan fingerprint density at radius 2 is 2.19 bits per heavy atom. The highest BCUT2D eigenvalue weighted by Crippen LogP contribution is 2.23. The fraction of sp³-hybridized carbons (Fsp3) is 0.0833. The summed E-state index contributed by atoms with van der Waals surface area (Å²) < 4.78 is 5.31. The molecule has 0 saturated carbocycles. The summed E-state index contributed by atoms with van der Waals surface area (Å²) in [5.74, 6) is -0.671. The van der Waals surface area contributed by atoms with Crippen LogP contribution in [0.15, 0.2) is 30.6 Å². The minimum Gasteiger partial charge on any atom is -0.472 e. The maximum absolute atomic E-state index is 11.0. The number of carbonyl (C=O) groups excluding carboxylic acids is 1. The van der Waals surface area contributed by atoms with Crippen LogP contribution in [0.5, 0.6) is 5.88 Å². The highest BCUT2D eigenvalue weighted by molar-refractivity contribution is 6.31. The third kappa shape index (κ3) is 3.63. The largest absolute Gasteiger partial charge is 0.472 e. The minimum atomic E-state index is -0.735. The Kier molecular flexibility index (Phi) is 4.29. The van der Waals surface area contributed by atoms with Crippen molar-refractivity contribution in [2.75, 3.05) is 0 Å². The summed E-state index contributed by atoms with van der Waals surface area (Å²) in [6.45, 7) is -0.0581. The Hall–Kier alpha value is -2.74. The lowest BCUT2D eigenvalue weighted by atomic mass is 10.2. The van der Waals surface area contributed by atoms with Gasteiger partial charge in [-0.1, -0.05) is 11.6 Å². The zero-order valence-corrected chi connectivity index (χ0v) is 11.3. The highest BCUT2D eigenvalue weighted by Gasteiger charge is 2.11. The number of nitro groups is 1. The molecule has 2 rings (SSSR count). The Labute approximate surface area is 123 Å². The minimum absolute atomic E-state index is 0.0439. The van der Waals surface area contributed by atoms with E-state index in [0.29, 0.717) is 10.6 Å². The topological polar surface area (TPSA) is 121 Å². The quantitative estimate of drug-likeness (QED) is 0.663. The molecule has 9 heteroatoms. The van der Waals surface area contributed by atoms with E-state index in [-0.39, 0.29) is 23.9 Å². The summed E-state index contributed by atoms with van der Waals surface area (Å²) >= 11 is 5.94. The third-order valence-corrected chi connectivity index (χ3v) is 2.85. The molecule has 1 amide bonds. The lowest BCUT2D eigenvalue weighted by molar-refractivity contribution is -0.384. The number of primary amides is 1. The van der Waals surface area contributed by atoms with Gasteiger partial charge in [-0.05, 0) is 6.07 Å². The van der Waals surface area contributed by atoms with Crippen molar-refractivity contribution in [3.05, 3.63) is 57.0 Å². The molecule has 8 nitrogen and oxygen atoms in total. The molecule has 0 unspecified atom stereocenters. The van der Waals surface area contributed by atoms with E-state index in [1.54, 1.807) is 0 Å². The summed E-state index contributed by atoms with van der Waals surface area (Å²) in [6.07, 6.45) is 2.49. The smallest absolute Gasteiger partial charge is 0.269 e. The van der Waals surface area contributed by atoms with E-state index in [1.165, 1.54) is 30.6 Å². The summed E-state index contributed by atoms with van der Waals surface area (Å²) in [6, 6.07) is 4.00. The van der Waals surface area contributed by atoms with Crippen LogP contribution in [0.3, 0.4) is 0 Å². The zero-order valence-electron chi connectivity index (χ0n) is 10.5. The summed E-state index contributed by atoms with van der Waals surface area (Å²) in [7, 11) is 0. The van der Waals surface area contributed by atoms with Crippen molar-refractivity contribution >= 4 is 23.2 Å². The van der Waals surface area contributed by atoms with Gasteiger partial charge in [0.1, 0.15) is 12.3 Å². The number of hydrogen-bond acceptors (Lipinski definition) is 6. The van der Waals surface area contributed by atoms with E-state index in [4.69, 9.17) is 22.1 Å². The van der Waals surface area contributed by atoms with Crippen molar-refractivity contribution in [2.45, 2.75) is 6.61 Å². The predicted molar refractivity (Wildman–Crippen MR) is 73.0 cm³/mol. The van der Waals surface area contributed by atoms with Crippen molar-refractivity contribution in [1.29, 1.82) is 0 Å². The molecule has 0 saturated heterocycles. The van der Waals surface area contributed by atoms with Gasteiger partial charge in [-0.3, -0.25) is 19.9 Å². The molecule has 2 N–H and O–H groups in total. The molecule has 0 aliphatic heterocycles. The predicted octanol–water partition coefficient (Wildman–Crippen LogP) is 1.72. The lowest BCUT2D eigenvalue weighted by Crippen LogP contribution is -2.14. The van der Waals surface area contributed by atoms with Crippen molar-refractivity contribution < 1.29 is 14.5 Å². The van der Waals surface area contributed by atoms with Gasteiger partial charge in [-0.15, -0.1) is 0 Å². The van der Waals surface area contributed by atoms with E-state index in [9.17, 15) is 14.9 Å². The zero-order chi connectivity index (χ0) is 15.4. The monoisotopic (exact) mass is 308 g/mol. The molecular formula is C12H9ClN4O4. The first kappa shape index (κ1) is 14.7. The Bertz CT molecular complexity index is 707. The Morgan fingerprint density at radius 3 is 2.86 bits per heavy atom. The maximum atomic E-state index is 11.0. The Morgan fingerprint density at radius 1 is 1.43 bits per heavy atom. The van der Waals surface area contributed by atoms with E-state index in [2.05, 4.69) is 9.97 Å². The van der Waals surface area contributed by atoms with Crippen molar-refractivity contribution in [1.82, 2.24) is 9.97 Å². The molecule has 0 radical (unpaired) electrons. The van der Waals surface area contributed by atoms with Gasteiger partial charge in [0.2, 0.25) is 5.88 Å². The van der Waals surface area contributed by atoms with Gasteiger partial charge in [0.05, 0.1) is 17.3 Å². The van der Waals surface area contributed by atoms with Gasteiger partial charge in [-0.25, -0.2) is 4.98 Å². The fourth-order valence-corrected chi connectivity index (χ4v) is 1.65. The van der Waals surface area contributed by atoms with Crippen molar-refractivity contribution in [2.24, 2.45) is 5.73 Å². The molecular weight excluding hydrogens is 300 g/mol. The summed E-state index contributed by atoms with van der Waals surface area (Å²) in [5.41, 5.74) is 5.34. The molecule has 0 spiro atoms. The standard InChI is InChI=1S/C12H9ClN4O4/c13-9-2-1-8(17(19)20)3-7(9)6-21-11-5-15-4-10(16-11)12(14)18/h1-5H,6H2,(H2,14,18). The van der Waals surface area contributed by atoms with Gasteiger partial charge in [0, 0.05) is 22.7 Å². The van der Waals surface area contributed by atoms with Crippen LogP contribution in [0.4, 0.5) is 5.69 Å². The van der Waals surface area contributed by atoms with Crippen LogP contribution in [0.1, 0.15) is 16.1 Å². The third-order valence-electron chi connectivity index (χ3n) is 2.48. The number of carbonyl (C=O) groups is 1. The molecule has 0 aliphatic rings. The average Bonchev–Trinajstić information content (AvgIpc) is 2.46. The number of non-ortho nitro benzene ring substituents is 1. The second-order valence-corrected chi connectivity index (χ2v) is 4.34. The number of nitrogens with two attached hydrogens (primary N) is 1. The molecule has 1 heterocycles. The summed E-state index contributed by atoms with van der Waals surface area (Å²) in [4.78, 5) is 28.7. The second kappa shape index (κ2) is 6.14. The number of nitrogens with zero attached hydrogens (tertiary/aromatic N) is 3. The molecule has 2 aromatic rings. The molecule has 0 bridgehead atoms. The van der Waals surface area contributed by atoms with Crippen molar-refractivity contribution in [3.8, 4) is 5.88 Å². The number of ether oxygens (including phenoxy) is 1. The van der Waals surface area contributed by atoms with E-state index in [0.717, 1.165) is 0 Å². The van der Waals surface area contributed by atoms with Gasteiger partial charge in [0.15, 0.2) is 0 Å². The molecule has 21 heavy (non-hydrogen) atoms. The Balaban J connectivity index is 2.16. The molecule has 1 aromatic heterocycles. The first-order valence-corrected chi connectivity index (χ1v) is 6.02. The number of aromatic nitrogens is 2. The first-order valence-electron chi connectivity index (χ1n) is 5.65. The van der Waals surface area contributed by atoms with E-state index < -0.39 is 10.8 Å². The molecule has 108 valence electrons. The molecule has 0 atom stereocenters. The van der Waals surface area contributed by atoms with E-state index in [1.807, 2.05) is 0 Å². The van der Waals surface area contributed by atoms with Crippen LogP contribution >= 0.6 is 11.6 Å². The normalized spacial score (nSPS) is 10.1. The van der Waals surface area contributed by atoms with Crippen LogP contribution in [-0.2, 0) is 6.61 Å². The van der Waals surface area contributed by atoms with Crippen LogP contribution in [0, 0.1) is 10.1 Å². The number of halogens is 1. The molecule has 0 fully saturated rings. The van der Waals surface area contributed by atoms with Crippen LogP contribution in [0.25, 0.3) is 0 Å². The number of rotatable bonds is 5. The number of benzene rings is 1. The van der Waals surface area contributed by atoms with Gasteiger partial charge in [0.25, 0.3) is 11.6 Å². The second-order valence-electron chi connectivity index (χ2n) is 3.93. The van der Waals surface area contributed by atoms with Crippen molar-refractivity contribution in [3.63, 3.8) is 0 Å². The number of hydrogen-bond donors (Lipinski definition) is 1. The average molecular weight is 309 g/mol. The molecule has 1 aromatic carbocycles. The van der Waals surface area contributed by atoms with Crippen LogP contribution in [0.2, 0.25) is 5.02 Å². The number of nitro benzene ring substituents is 1. The van der Waals surface area contributed by atoms with Gasteiger partial charge < -0.3 is 10.5 Å². The van der Waals surface area contributed by atoms with Gasteiger partial charge >= 0.3 is 0 Å². The first-order chi connectivity index (χ1) is 9.97. The van der Waals surface area contributed by atoms with E-state index >= 15 is 0 Å².